The molecule has 0 saturated carbocycles. The molecule has 1 aliphatic rings. The number of β-lactam (4-membered cyclic amide) rings is 1. The van der Waals surface area contributed by atoms with Crippen LogP contribution in [0.1, 0.15) is 0 Å². The van der Waals surface area contributed by atoms with E-state index in [1.165, 1.54) is 4.90 Å². The lowest BCUT2D eigenvalue weighted by Gasteiger charge is -2.43. The number of nitrogens with zero attached hydrogens (tertiary/aromatic N) is 1. The van der Waals surface area contributed by atoms with Crippen LogP contribution >= 0.6 is 11.6 Å². The fourth-order valence-corrected chi connectivity index (χ4v) is 2.56. The number of anilines is 1. The van der Waals surface area contributed by atoms with Gasteiger partial charge in [0.15, 0.2) is 0 Å². The Bertz CT molecular complexity index is 714. The van der Waals surface area contributed by atoms with E-state index in [1.807, 2.05) is 0 Å². The minimum Gasteiger partial charge on any atom is -0.497 e. The summed E-state index contributed by atoms with van der Waals surface area (Å²) in [6.45, 7) is 0. The molecule has 2 atom stereocenters. The van der Waals surface area contributed by atoms with Crippen molar-refractivity contribution in [3.05, 3.63) is 53.6 Å². The summed E-state index contributed by atoms with van der Waals surface area (Å²) in [4.78, 5) is 25.1. The van der Waals surface area contributed by atoms with Gasteiger partial charge < -0.3 is 14.3 Å². The molecule has 23 heavy (non-hydrogen) atoms. The van der Waals surface area contributed by atoms with Gasteiger partial charge in [-0.25, -0.2) is 0 Å². The highest BCUT2D eigenvalue weighted by atomic mass is 35.5. The molecule has 6 heteroatoms. The van der Waals surface area contributed by atoms with Crippen molar-refractivity contribution >= 4 is 29.5 Å². The van der Waals surface area contributed by atoms with Crippen LogP contribution in [0.25, 0.3) is 0 Å². The van der Waals surface area contributed by atoms with Gasteiger partial charge in [0.2, 0.25) is 6.10 Å². The summed E-state index contributed by atoms with van der Waals surface area (Å²) >= 11 is 5.81. The minimum atomic E-state index is -0.823. The highest BCUT2D eigenvalue weighted by Gasteiger charge is 2.50. The molecule has 0 N–H and O–H groups in total. The van der Waals surface area contributed by atoms with E-state index in [-0.39, 0.29) is 5.91 Å². The topological polar surface area (TPSA) is 55.8 Å². The van der Waals surface area contributed by atoms with Gasteiger partial charge in [-0.3, -0.25) is 9.69 Å². The van der Waals surface area contributed by atoms with Crippen LogP contribution in [0.15, 0.2) is 48.5 Å². The van der Waals surface area contributed by atoms with Crippen LogP contribution in [-0.4, -0.2) is 31.4 Å². The number of halogens is 1. The van der Waals surface area contributed by atoms with Crippen molar-refractivity contribution in [1.29, 1.82) is 0 Å². The summed E-state index contributed by atoms with van der Waals surface area (Å²) < 4.78 is 10.7. The van der Waals surface area contributed by atoms with Crippen molar-refractivity contribution in [2.24, 2.45) is 0 Å². The smallest absolute Gasteiger partial charge is 0.271 e. The molecule has 1 fully saturated rings. The summed E-state index contributed by atoms with van der Waals surface area (Å²) in [5.74, 6) is 0.912. The molecular formula is C17H14ClNO4. The average Bonchev–Trinajstić information content (AvgIpc) is 2.59. The largest absolute Gasteiger partial charge is 0.497 e. The second-order valence-electron chi connectivity index (χ2n) is 5.03. The van der Waals surface area contributed by atoms with Crippen molar-refractivity contribution in [2.45, 2.75) is 12.1 Å². The lowest BCUT2D eigenvalue weighted by atomic mass is 9.97. The highest BCUT2D eigenvalue weighted by Crippen LogP contribution is 2.31. The van der Waals surface area contributed by atoms with E-state index in [2.05, 4.69) is 0 Å². The van der Waals surface area contributed by atoms with Gasteiger partial charge in [0.05, 0.1) is 7.11 Å². The van der Waals surface area contributed by atoms with Crippen LogP contribution in [-0.2, 0) is 9.59 Å². The predicted molar refractivity (Wildman–Crippen MR) is 86.2 cm³/mol. The number of carbonyl (C=O) groups is 2. The van der Waals surface area contributed by atoms with Gasteiger partial charge in [0.25, 0.3) is 5.91 Å². The van der Waals surface area contributed by atoms with Crippen molar-refractivity contribution in [1.82, 2.24) is 0 Å². The normalized spacial score (nSPS) is 19.9. The zero-order chi connectivity index (χ0) is 16.4. The quantitative estimate of drug-likeness (QED) is 0.624. The van der Waals surface area contributed by atoms with Gasteiger partial charge in [0, 0.05) is 10.7 Å². The summed E-state index contributed by atoms with van der Waals surface area (Å²) in [6.07, 6.45) is -0.109. The molecule has 0 spiro atoms. The van der Waals surface area contributed by atoms with E-state index in [9.17, 15) is 9.59 Å². The van der Waals surface area contributed by atoms with E-state index in [0.29, 0.717) is 28.5 Å². The van der Waals surface area contributed by atoms with Crippen molar-refractivity contribution in [3.8, 4) is 11.5 Å². The minimum absolute atomic E-state index is 0.262. The standard InChI is InChI=1S/C17H14ClNO4/c1-22-13-8-4-12(5-9-13)19-15(10-20)16(17(19)21)23-14-6-2-11(18)3-7-14/h2-10,15-16H,1H3/t15-,16+/m0/s1. The highest BCUT2D eigenvalue weighted by molar-refractivity contribution is 6.30. The number of hydrogen-bond acceptors (Lipinski definition) is 4. The fourth-order valence-electron chi connectivity index (χ4n) is 2.44. The molecule has 5 nitrogen and oxygen atoms in total. The van der Waals surface area contributed by atoms with Crippen LogP contribution < -0.4 is 14.4 Å². The third-order valence-corrected chi connectivity index (χ3v) is 3.91. The average molecular weight is 332 g/mol. The van der Waals surface area contributed by atoms with Crippen molar-refractivity contribution < 1.29 is 19.1 Å². The number of ether oxygens (including phenoxy) is 2. The van der Waals surface area contributed by atoms with Gasteiger partial charge >= 0.3 is 0 Å². The predicted octanol–water partition coefficient (Wildman–Crippen LogP) is 2.71. The van der Waals surface area contributed by atoms with E-state index < -0.39 is 12.1 Å². The van der Waals surface area contributed by atoms with E-state index in [1.54, 1.807) is 55.6 Å². The number of benzene rings is 2. The molecule has 0 unspecified atom stereocenters. The molecule has 1 amide bonds. The Labute approximate surface area is 138 Å². The zero-order valence-electron chi connectivity index (χ0n) is 12.3. The molecule has 1 heterocycles. The summed E-state index contributed by atoms with van der Waals surface area (Å²) in [5.41, 5.74) is 0.629. The molecule has 1 saturated heterocycles. The Kier molecular flexibility index (Phi) is 4.21. The molecule has 118 valence electrons. The number of aldehydes is 1. The molecule has 2 aromatic carbocycles. The van der Waals surface area contributed by atoms with Crippen LogP contribution in [0.3, 0.4) is 0 Å². The Morgan fingerprint density at radius 1 is 1.04 bits per heavy atom. The van der Waals surface area contributed by atoms with Crippen molar-refractivity contribution in [2.75, 3.05) is 12.0 Å². The maximum Gasteiger partial charge on any atom is 0.271 e. The number of methoxy groups -OCH3 is 1. The molecule has 1 aliphatic heterocycles. The number of rotatable bonds is 5. The lowest BCUT2D eigenvalue weighted by Crippen LogP contribution is -2.68. The molecule has 2 aromatic rings. The zero-order valence-corrected chi connectivity index (χ0v) is 13.1. The van der Waals surface area contributed by atoms with Crippen LogP contribution in [0.5, 0.6) is 11.5 Å². The lowest BCUT2D eigenvalue weighted by molar-refractivity contribution is -0.138. The van der Waals surface area contributed by atoms with Gasteiger partial charge in [-0.1, -0.05) is 11.6 Å². The second-order valence-corrected chi connectivity index (χ2v) is 5.46. The maximum atomic E-state index is 12.3. The maximum absolute atomic E-state index is 12.3. The first kappa shape index (κ1) is 15.4. The van der Waals surface area contributed by atoms with Gasteiger partial charge in [0.1, 0.15) is 23.8 Å². The molecule has 3 rings (SSSR count). The monoisotopic (exact) mass is 331 g/mol. The second kappa shape index (κ2) is 6.30. The van der Waals surface area contributed by atoms with Gasteiger partial charge in [-0.05, 0) is 48.5 Å². The van der Waals surface area contributed by atoms with Crippen LogP contribution in [0.2, 0.25) is 5.02 Å². The third-order valence-electron chi connectivity index (χ3n) is 3.66. The van der Waals surface area contributed by atoms with E-state index in [4.69, 9.17) is 21.1 Å². The first-order valence-corrected chi connectivity index (χ1v) is 7.36. The van der Waals surface area contributed by atoms with Crippen LogP contribution in [0.4, 0.5) is 5.69 Å². The molecule has 0 aromatic heterocycles. The Balaban J connectivity index is 1.76. The SMILES string of the molecule is COc1ccc(N2C(=O)[C@H](Oc3ccc(Cl)cc3)[C@@H]2C=O)cc1. The fraction of sp³-hybridized carbons (Fsp3) is 0.176. The summed E-state index contributed by atoms with van der Waals surface area (Å²) in [5, 5.41) is 0.573. The third kappa shape index (κ3) is 2.87. The number of hydrogen-bond donors (Lipinski definition) is 0. The van der Waals surface area contributed by atoms with Crippen LogP contribution in [0, 0.1) is 0 Å². The molecule has 0 radical (unpaired) electrons. The first-order valence-electron chi connectivity index (χ1n) is 6.98. The molecule has 0 bridgehead atoms. The molecule has 0 aliphatic carbocycles. The van der Waals surface area contributed by atoms with E-state index >= 15 is 0 Å². The Hall–Kier alpha value is -2.53. The number of carbonyl (C=O) groups excluding carboxylic acids is 2. The van der Waals surface area contributed by atoms with Gasteiger partial charge in [-0.2, -0.15) is 0 Å². The van der Waals surface area contributed by atoms with Gasteiger partial charge in [-0.15, -0.1) is 0 Å². The first-order chi connectivity index (χ1) is 11.1. The molecular weight excluding hydrogens is 318 g/mol. The summed E-state index contributed by atoms with van der Waals surface area (Å²) in [6, 6.07) is 12.9. The van der Waals surface area contributed by atoms with Crippen molar-refractivity contribution in [3.63, 3.8) is 0 Å². The Morgan fingerprint density at radius 3 is 2.22 bits per heavy atom. The number of amides is 1. The summed E-state index contributed by atoms with van der Waals surface area (Å²) in [7, 11) is 1.56. The Morgan fingerprint density at radius 2 is 1.65 bits per heavy atom. The van der Waals surface area contributed by atoms with E-state index in [0.717, 1.165) is 0 Å².